The Kier molecular flexibility index (Phi) is 3.94. The van der Waals surface area contributed by atoms with Crippen LogP contribution in [-0.4, -0.2) is 28.3 Å². The van der Waals surface area contributed by atoms with E-state index >= 15 is 0 Å². The van der Waals surface area contributed by atoms with Gasteiger partial charge in [-0.05, 0) is 42.9 Å². The Hall–Kier alpha value is -0.740. The molecule has 1 heterocycles. The molecule has 1 aromatic rings. The molecule has 0 saturated carbocycles. The molecule has 17 heavy (non-hydrogen) atoms. The molecule has 0 aromatic heterocycles. The maximum Gasteiger partial charge on any atom is 0.123 e. The molecule has 2 unspecified atom stereocenters. The van der Waals surface area contributed by atoms with Gasteiger partial charge in [-0.1, -0.05) is 6.92 Å². The molecule has 2 nitrogen and oxygen atoms in total. The molecule has 2 rings (SSSR count). The van der Waals surface area contributed by atoms with Crippen molar-refractivity contribution in [1.29, 1.82) is 0 Å². The highest BCUT2D eigenvalue weighted by atomic mass is 32.2. The van der Waals surface area contributed by atoms with Crippen LogP contribution in [0.4, 0.5) is 10.1 Å². The summed E-state index contributed by atoms with van der Waals surface area (Å²) in [7, 11) is 0. The number of aliphatic hydroxyl groups excluding tert-OH is 1. The summed E-state index contributed by atoms with van der Waals surface area (Å²) in [6.45, 7) is 2.25. The molecular formula is C13H18FNOS. The number of aliphatic hydroxyl groups is 1. The van der Waals surface area contributed by atoms with E-state index in [1.54, 1.807) is 12.1 Å². The van der Waals surface area contributed by atoms with Crippen LogP contribution in [0.25, 0.3) is 0 Å². The summed E-state index contributed by atoms with van der Waals surface area (Å²) in [6.07, 6.45) is 2.05. The zero-order valence-corrected chi connectivity index (χ0v) is 10.8. The number of halogens is 1. The predicted molar refractivity (Wildman–Crippen MR) is 71.0 cm³/mol. The summed E-state index contributed by atoms with van der Waals surface area (Å²) < 4.78 is 12.8. The van der Waals surface area contributed by atoms with Crippen LogP contribution in [0.3, 0.4) is 0 Å². The third-order valence-corrected chi connectivity index (χ3v) is 4.91. The fraction of sp³-hybridized carbons (Fsp3) is 0.538. The lowest BCUT2D eigenvalue weighted by molar-refractivity contribution is 0.198. The minimum atomic E-state index is -0.277. The number of benzene rings is 1. The third kappa shape index (κ3) is 2.75. The van der Waals surface area contributed by atoms with E-state index in [1.165, 1.54) is 12.1 Å². The lowest BCUT2D eigenvalue weighted by atomic mass is 9.90. The lowest BCUT2D eigenvalue weighted by Crippen LogP contribution is -2.51. The molecule has 1 aliphatic rings. The smallest absolute Gasteiger partial charge is 0.123 e. The largest absolute Gasteiger partial charge is 0.394 e. The average molecular weight is 255 g/mol. The second-order valence-electron chi connectivity index (χ2n) is 4.56. The zero-order chi connectivity index (χ0) is 12.3. The molecule has 1 aliphatic heterocycles. The van der Waals surface area contributed by atoms with E-state index in [4.69, 9.17) is 0 Å². The van der Waals surface area contributed by atoms with Crippen LogP contribution in [-0.2, 0) is 0 Å². The molecule has 1 fully saturated rings. The van der Waals surface area contributed by atoms with Crippen LogP contribution in [0.2, 0.25) is 0 Å². The first-order valence-electron chi connectivity index (χ1n) is 5.92. The normalized spacial score (nSPS) is 29.0. The summed E-state index contributed by atoms with van der Waals surface area (Å²) in [5.74, 6) is 0.910. The molecule has 0 spiro atoms. The summed E-state index contributed by atoms with van der Waals surface area (Å²) in [5, 5.41) is 13.4. The van der Waals surface area contributed by atoms with E-state index in [9.17, 15) is 9.50 Å². The molecule has 2 N–H and O–H groups in total. The molecule has 0 bridgehead atoms. The van der Waals surface area contributed by atoms with Crippen molar-refractivity contribution in [1.82, 2.24) is 0 Å². The molecule has 0 aliphatic carbocycles. The molecule has 2 atom stereocenters. The number of anilines is 1. The summed E-state index contributed by atoms with van der Waals surface area (Å²) in [4.78, 5) is 0. The van der Waals surface area contributed by atoms with Gasteiger partial charge in [0.05, 0.1) is 12.1 Å². The number of hydrogen-bond acceptors (Lipinski definition) is 3. The standard InChI is InChI=1S/C13H18FNOS/c1-10-13(9-16,7-2-8-17-10)15-12-5-3-11(14)4-6-12/h3-6,10,15-16H,2,7-9H2,1H3. The van der Waals surface area contributed by atoms with E-state index < -0.39 is 0 Å². The van der Waals surface area contributed by atoms with Gasteiger partial charge in [-0.2, -0.15) is 11.8 Å². The van der Waals surface area contributed by atoms with Gasteiger partial charge < -0.3 is 10.4 Å². The minimum Gasteiger partial charge on any atom is -0.394 e. The van der Waals surface area contributed by atoms with Crippen LogP contribution < -0.4 is 5.32 Å². The lowest BCUT2D eigenvalue weighted by Gasteiger charge is -2.42. The van der Waals surface area contributed by atoms with E-state index in [2.05, 4.69) is 12.2 Å². The molecule has 1 aromatic carbocycles. The first-order valence-corrected chi connectivity index (χ1v) is 6.97. The van der Waals surface area contributed by atoms with E-state index in [0.717, 1.165) is 24.3 Å². The van der Waals surface area contributed by atoms with Crippen LogP contribution in [0, 0.1) is 5.82 Å². The average Bonchev–Trinajstić information content (AvgIpc) is 2.35. The first-order chi connectivity index (χ1) is 8.16. The second-order valence-corrected chi connectivity index (χ2v) is 6.01. The minimum absolute atomic E-state index is 0.110. The molecule has 0 amide bonds. The van der Waals surface area contributed by atoms with Gasteiger partial charge in [-0.25, -0.2) is 4.39 Å². The first kappa shape index (κ1) is 12.7. The number of rotatable bonds is 3. The van der Waals surface area contributed by atoms with Gasteiger partial charge in [-0.15, -0.1) is 0 Å². The van der Waals surface area contributed by atoms with Crippen LogP contribution in [0.15, 0.2) is 24.3 Å². The Morgan fingerprint density at radius 1 is 1.47 bits per heavy atom. The van der Waals surface area contributed by atoms with Gasteiger partial charge in [0.15, 0.2) is 0 Å². The van der Waals surface area contributed by atoms with Crippen LogP contribution in [0.5, 0.6) is 0 Å². The summed E-state index contributed by atoms with van der Waals surface area (Å²) >= 11 is 1.88. The highest BCUT2D eigenvalue weighted by molar-refractivity contribution is 8.00. The van der Waals surface area contributed by atoms with Crippen molar-refractivity contribution >= 4 is 17.4 Å². The third-order valence-electron chi connectivity index (χ3n) is 3.43. The van der Waals surface area contributed by atoms with E-state index in [0.29, 0.717) is 5.25 Å². The number of hydrogen-bond donors (Lipinski definition) is 2. The van der Waals surface area contributed by atoms with Gasteiger partial charge in [0, 0.05) is 10.9 Å². The summed E-state index contributed by atoms with van der Waals surface area (Å²) in [6, 6.07) is 6.32. The number of nitrogens with one attached hydrogen (secondary N) is 1. The monoisotopic (exact) mass is 255 g/mol. The Bertz CT molecular complexity index is 370. The second kappa shape index (κ2) is 5.27. The van der Waals surface area contributed by atoms with E-state index in [1.807, 2.05) is 11.8 Å². The van der Waals surface area contributed by atoms with Gasteiger partial charge in [0.25, 0.3) is 0 Å². The van der Waals surface area contributed by atoms with Crippen molar-refractivity contribution in [2.45, 2.75) is 30.6 Å². The molecule has 4 heteroatoms. The van der Waals surface area contributed by atoms with Gasteiger partial charge >= 0.3 is 0 Å². The predicted octanol–water partition coefficient (Wildman–Crippen LogP) is 2.88. The fourth-order valence-electron chi connectivity index (χ4n) is 2.24. The van der Waals surface area contributed by atoms with Crippen molar-refractivity contribution in [2.75, 3.05) is 17.7 Å². The maximum atomic E-state index is 12.8. The molecule has 94 valence electrons. The van der Waals surface area contributed by atoms with Gasteiger partial charge in [0.2, 0.25) is 0 Å². The highest BCUT2D eigenvalue weighted by Gasteiger charge is 2.38. The fourth-order valence-corrected chi connectivity index (χ4v) is 3.48. The number of thioether (sulfide) groups is 1. The van der Waals surface area contributed by atoms with Crippen molar-refractivity contribution in [3.63, 3.8) is 0 Å². The summed E-state index contributed by atoms with van der Waals surface area (Å²) in [5.41, 5.74) is 0.593. The Morgan fingerprint density at radius 3 is 2.76 bits per heavy atom. The topological polar surface area (TPSA) is 32.3 Å². The highest BCUT2D eigenvalue weighted by Crippen LogP contribution is 2.36. The Balaban J connectivity index is 2.15. The van der Waals surface area contributed by atoms with Crippen molar-refractivity contribution < 1.29 is 9.50 Å². The van der Waals surface area contributed by atoms with Crippen molar-refractivity contribution in [3.05, 3.63) is 30.1 Å². The van der Waals surface area contributed by atoms with Crippen molar-refractivity contribution in [2.24, 2.45) is 0 Å². The zero-order valence-electron chi connectivity index (χ0n) is 9.95. The van der Waals surface area contributed by atoms with E-state index in [-0.39, 0.29) is 18.0 Å². The van der Waals surface area contributed by atoms with Crippen LogP contribution >= 0.6 is 11.8 Å². The molecule has 1 saturated heterocycles. The van der Waals surface area contributed by atoms with Crippen LogP contribution in [0.1, 0.15) is 19.8 Å². The maximum absolute atomic E-state index is 12.8. The van der Waals surface area contributed by atoms with Crippen molar-refractivity contribution in [3.8, 4) is 0 Å². The molecule has 0 radical (unpaired) electrons. The Labute approximate surface area is 106 Å². The van der Waals surface area contributed by atoms with Gasteiger partial charge in [0.1, 0.15) is 5.82 Å². The van der Waals surface area contributed by atoms with Gasteiger partial charge in [-0.3, -0.25) is 0 Å². The SMILES string of the molecule is CC1SCCCC1(CO)Nc1ccc(F)cc1. The molecular weight excluding hydrogens is 237 g/mol. The Morgan fingerprint density at radius 2 is 2.18 bits per heavy atom. The quantitative estimate of drug-likeness (QED) is 0.871.